The van der Waals surface area contributed by atoms with Crippen LogP contribution in [-0.4, -0.2) is 51.2 Å². The second-order valence-electron chi connectivity index (χ2n) is 11.8. The predicted molar refractivity (Wildman–Crippen MR) is 167 cm³/mol. The molecular weight excluding hydrogens is 546 g/mol. The van der Waals surface area contributed by atoms with Crippen molar-refractivity contribution in [2.24, 2.45) is 0 Å². The molecule has 43 heavy (non-hydrogen) atoms. The Morgan fingerprint density at radius 3 is 2.09 bits per heavy atom. The number of anilines is 1. The van der Waals surface area contributed by atoms with E-state index in [2.05, 4.69) is 10.6 Å². The summed E-state index contributed by atoms with van der Waals surface area (Å²) in [6.45, 7) is 12.8. The van der Waals surface area contributed by atoms with Gasteiger partial charge in [0.25, 0.3) is 5.91 Å². The van der Waals surface area contributed by atoms with E-state index in [0.29, 0.717) is 28.8 Å². The molecule has 9 nitrogen and oxygen atoms in total. The van der Waals surface area contributed by atoms with Crippen LogP contribution in [0.1, 0.15) is 68.0 Å². The van der Waals surface area contributed by atoms with Crippen molar-refractivity contribution in [2.45, 2.75) is 79.0 Å². The molecule has 0 spiro atoms. The van der Waals surface area contributed by atoms with E-state index >= 15 is 0 Å². The number of aromatic hydroxyl groups is 2. The molecule has 0 fully saturated rings. The molecule has 3 aromatic carbocycles. The number of nitrogens with zero attached hydrogens (tertiary/aromatic N) is 1. The highest BCUT2D eigenvalue weighted by Crippen LogP contribution is 2.30. The second kappa shape index (κ2) is 14.1. The van der Waals surface area contributed by atoms with Crippen LogP contribution in [0.25, 0.3) is 0 Å². The summed E-state index contributed by atoms with van der Waals surface area (Å²) in [6.07, 6.45) is -0.134. The maximum Gasteiger partial charge on any atom is 0.408 e. The van der Waals surface area contributed by atoms with Crippen molar-refractivity contribution in [3.63, 3.8) is 0 Å². The van der Waals surface area contributed by atoms with Crippen LogP contribution in [-0.2, 0) is 20.7 Å². The molecule has 0 heterocycles. The zero-order valence-corrected chi connectivity index (χ0v) is 26.0. The first-order valence-electron chi connectivity index (χ1n) is 14.4. The molecule has 3 rings (SSSR count). The van der Waals surface area contributed by atoms with E-state index in [1.807, 2.05) is 39.0 Å². The lowest BCUT2D eigenvalue weighted by molar-refractivity contribution is -0.140. The van der Waals surface area contributed by atoms with Gasteiger partial charge in [0.15, 0.2) is 0 Å². The summed E-state index contributed by atoms with van der Waals surface area (Å²) in [4.78, 5) is 43.0. The fourth-order valence-electron chi connectivity index (χ4n) is 4.85. The van der Waals surface area contributed by atoms with Gasteiger partial charge in [-0.25, -0.2) is 4.79 Å². The number of carbonyl (C=O) groups excluding carboxylic acids is 3. The molecule has 0 radical (unpaired) electrons. The summed E-state index contributed by atoms with van der Waals surface area (Å²) in [5.41, 5.74) is 3.38. The molecule has 0 saturated carbocycles. The Hall–Kier alpha value is -4.53. The second-order valence-corrected chi connectivity index (χ2v) is 11.8. The van der Waals surface area contributed by atoms with E-state index < -0.39 is 35.6 Å². The largest absolute Gasteiger partial charge is 0.508 e. The first-order chi connectivity index (χ1) is 20.2. The van der Waals surface area contributed by atoms with Gasteiger partial charge in [0, 0.05) is 18.7 Å². The smallest absolute Gasteiger partial charge is 0.408 e. The van der Waals surface area contributed by atoms with E-state index in [-0.39, 0.29) is 24.5 Å². The molecule has 0 saturated heterocycles. The average molecular weight is 590 g/mol. The van der Waals surface area contributed by atoms with Gasteiger partial charge in [-0.05, 0) is 100 Å². The Balaban J connectivity index is 2.09. The maximum atomic E-state index is 14.4. The van der Waals surface area contributed by atoms with Crippen LogP contribution in [0, 0.1) is 20.8 Å². The number of para-hydroxylation sites is 1. The van der Waals surface area contributed by atoms with Crippen LogP contribution in [0.5, 0.6) is 11.5 Å². The van der Waals surface area contributed by atoms with E-state index in [9.17, 15) is 24.6 Å². The fraction of sp³-hybridized carbons (Fsp3) is 0.382. The summed E-state index contributed by atoms with van der Waals surface area (Å²) in [6, 6.07) is 14.7. The van der Waals surface area contributed by atoms with Crippen LogP contribution in [0.2, 0.25) is 0 Å². The standard InChI is InChI=1S/C34H43N3O6/c1-8-18-37(32(41)27(35-33(42)43-34(5,6)7)20-24-12-15-26(38)16-13-24)30(25-14-17-28(39)23(4)19-25)31(40)36-29-21(2)10-9-11-22(29)3/h9-17,19,27,30,38-39H,8,18,20H2,1-7H3,(H,35,42)(H,36,40). The number of rotatable bonds is 10. The summed E-state index contributed by atoms with van der Waals surface area (Å²) in [7, 11) is 0. The quantitative estimate of drug-likeness (QED) is 0.227. The van der Waals surface area contributed by atoms with E-state index in [4.69, 9.17) is 4.74 Å². The summed E-state index contributed by atoms with van der Waals surface area (Å²) >= 11 is 0. The third kappa shape index (κ3) is 8.98. The van der Waals surface area contributed by atoms with Gasteiger partial charge in [-0.3, -0.25) is 9.59 Å². The van der Waals surface area contributed by atoms with Gasteiger partial charge in [-0.2, -0.15) is 0 Å². The molecule has 0 aliphatic carbocycles. The molecule has 0 bridgehead atoms. The first kappa shape index (κ1) is 33.0. The molecule has 4 N–H and O–H groups in total. The third-order valence-electron chi connectivity index (χ3n) is 6.94. The van der Waals surface area contributed by atoms with Crippen molar-refractivity contribution in [1.82, 2.24) is 10.2 Å². The number of hydrogen-bond acceptors (Lipinski definition) is 6. The molecule has 3 aromatic rings. The molecule has 0 aliphatic heterocycles. The molecule has 0 aromatic heterocycles. The Morgan fingerprint density at radius 2 is 1.53 bits per heavy atom. The maximum absolute atomic E-state index is 14.4. The highest BCUT2D eigenvalue weighted by molar-refractivity contribution is 6.00. The Bertz CT molecular complexity index is 1430. The number of nitrogens with one attached hydrogen (secondary N) is 2. The van der Waals surface area contributed by atoms with Crippen molar-refractivity contribution in [1.29, 1.82) is 0 Å². The number of phenolic OH excluding ortho intramolecular Hbond substituents is 2. The monoisotopic (exact) mass is 589 g/mol. The van der Waals surface area contributed by atoms with E-state index in [0.717, 1.165) is 11.1 Å². The minimum atomic E-state index is -1.08. The highest BCUT2D eigenvalue weighted by Gasteiger charge is 2.36. The van der Waals surface area contributed by atoms with Gasteiger partial charge in [0.05, 0.1) is 0 Å². The van der Waals surface area contributed by atoms with Gasteiger partial charge in [0.2, 0.25) is 5.91 Å². The number of amides is 3. The lowest BCUT2D eigenvalue weighted by atomic mass is 9.98. The number of hydrogen-bond donors (Lipinski definition) is 4. The lowest BCUT2D eigenvalue weighted by Crippen LogP contribution is -2.53. The number of alkyl carbamates (subject to hydrolysis) is 1. The van der Waals surface area contributed by atoms with Gasteiger partial charge >= 0.3 is 6.09 Å². The molecule has 2 unspecified atom stereocenters. The number of ether oxygens (including phenoxy) is 1. The van der Waals surface area contributed by atoms with Crippen molar-refractivity contribution in [3.05, 3.63) is 88.5 Å². The number of carbonyl (C=O) groups is 3. The first-order valence-corrected chi connectivity index (χ1v) is 14.4. The van der Waals surface area contributed by atoms with Crippen molar-refractivity contribution >= 4 is 23.6 Å². The summed E-state index contributed by atoms with van der Waals surface area (Å²) < 4.78 is 5.47. The molecular formula is C34H43N3O6. The topological polar surface area (TPSA) is 128 Å². The van der Waals surface area contributed by atoms with E-state index in [1.165, 1.54) is 23.1 Å². The van der Waals surface area contributed by atoms with Crippen LogP contribution in [0.4, 0.5) is 10.5 Å². The number of benzene rings is 3. The minimum Gasteiger partial charge on any atom is -0.508 e. The van der Waals surface area contributed by atoms with Gasteiger partial charge in [-0.1, -0.05) is 43.3 Å². The van der Waals surface area contributed by atoms with Crippen molar-refractivity contribution < 1.29 is 29.3 Å². The van der Waals surface area contributed by atoms with Gasteiger partial charge < -0.3 is 30.5 Å². The lowest BCUT2D eigenvalue weighted by Gasteiger charge is -2.35. The Kier molecular flexibility index (Phi) is 10.8. The molecule has 3 amide bonds. The zero-order chi connectivity index (χ0) is 31.9. The molecule has 230 valence electrons. The summed E-state index contributed by atoms with van der Waals surface area (Å²) in [5, 5.41) is 25.8. The minimum absolute atomic E-state index is 0.0721. The highest BCUT2D eigenvalue weighted by atomic mass is 16.6. The Labute approximate surface area is 253 Å². The SMILES string of the molecule is CCCN(C(=O)C(Cc1ccc(O)cc1)NC(=O)OC(C)(C)C)C(C(=O)Nc1c(C)cccc1C)c1ccc(O)c(C)c1. The van der Waals surface area contributed by atoms with Crippen LogP contribution in [0.15, 0.2) is 60.7 Å². The fourth-order valence-corrected chi connectivity index (χ4v) is 4.85. The summed E-state index contributed by atoms with van der Waals surface area (Å²) in [5.74, 6) is -0.758. The zero-order valence-electron chi connectivity index (χ0n) is 26.0. The molecule has 2 atom stereocenters. The van der Waals surface area contributed by atoms with Gasteiger partial charge in [-0.15, -0.1) is 0 Å². The molecule has 0 aliphatic rings. The Morgan fingerprint density at radius 1 is 0.907 bits per heavy atom. The van der Waals surface area contributed by atoms with Crippen molar-refractivity contribution in [2.75, 3.05) is 11.9 Å². The predicted octanol–water partition coefficient (Wildman–Crippen LogP) is 6.08. The van der Waals surface area contributed by atoms with Crippen LogP contribution < -0.4 is 10.6 Å². The number of phenols is 2. The number of aryl methyl sites for hydroxylation is 3. The average Bonchev–Trinajstić information content (AvgIpc) is 2.92. The molecule has 9 heteroatoms. The van der Waals surface area contributed by atoms with Crippen LogP contribution >= 0.6 is 0 Å². The normalized spacial score (nSPS) is 12.6. The van der Waals surface area contributed by atoms with E-state index in [1.54, 1.807) is 52.0 Å². The van der Waals surface area contributed by atoms with Crippen molar-refractivity contribution in [3.8, 4) is 11.5 Å². The van der Waals surface area contributed by atoms with Gasteiger partial charge in [0.1, 0.15) is 29.2 Å². The van der Waals surface area contributed by atoms with Crippen LogP contribution in [0.3, 0.4) is 0 Å². The third-order valence-corrected chi connectivity index (χ3v) is 6.94.